The van der Waals surface area contributed by atoms with Crippen molar-refractivity contribution in [2.75, 3.05) is 6.54 Å². The Labute approximate surface area is 66.7 Å². The molecule has 1 aliphatic carbocycles. The Morgan fingerprint density at radius 3 is 3.36 bits per heavy atom. The maximum absolute atomic E-state index is 4.45. The van der Waals surface area contributed by atoms with Crippen LogP contribution in [0.1, 0.15) is 19.8 Å². The van der Waals surface area contributed by atoms with E-state index in [1.165, 1.54) is 11.4 Å². The van der Waals surface area contributed by atoms with Crippen molar-refractivity contribution < 1.29 is 0 Å². The van der Waals surface area contributed by atoms with Gasteiger partial charge in [-0.15, -0.1) is 0 Å². The molecule has 0 aromatic rings. The van der Waals surface area contributed by atoms with E-state index in [1.807, 2.05) is 0 Å². The van der Waals surface area contributed by atoms with Gasteiger partial charge in [0, 0.05) is 11.4 Å². The molecule has 0 atom stereocenters. The SMILES string of the molecule is CC1=NC2=C(CCC=C2)NC1. The van der Waals surface area contributed by atoms with Crippen LogP contribution in [0.2, 0.25) is 0 Å². The van der Waals surface area contributed by atoms with E-state index in [0.29, 0.717) is 0 Å². The Balaban J connectivity index is 2.33. The summed E-state index contributed by atoms with van der Waals surface area (Å²) in [6, 6.07) is 0. The average Bonchev–Trinajstić information content (AvgIpc) is 2.04. The molecule has 0 saturated heterocycles. The normalized spacial score (nSPS) is 22.5. The summed E-state index contributed by atoms with van der Waals surface area (Å²) in [7, 11) is 0. The summed E-state index contributed by atoms with van der Waals surface area (Å²) >= 11 is 0. The largest absolute Gasteiger partial charge is 0.381 e. The zero-order valence-corrected chi connectivity index (χ0v) is 6.72. The third-order valence-corrected chi connectivity index (χ3v) is 2.01. The molecule has 0 spiro atoms. The van der Waals surface area contributed by atoms with Crippen molar-refractivity contribution in [2.45, 2.75) is 19.8 Å². The van der Waals surface area contributed by atoms with Gasteiger partial charge in [-0.1, -0.05) is 6.08 Å². The molecule has 1 N–H and O–H groups in total. The Kier molecular flexibility index (Phi) is 1.53. The van der Waals surface area contributed by atoms with E-state index in [0.717, 1.165) is 25.1 Å². The zero-order chi connectivity index (χ0) is 7.68. The second-order valence-corrected chi connectivity index (χ2v) is 3.01. The Hall–Kier alpha value is -1.05. The third kappa shape index (κ3) is 1.20. The molecule has 0 aromatic heterocycles. The second-order valence-electron chi connectivity index (χ2n) is 3.01. The lowest BCUT2D eigenvalue weighted by molar-refractivity contribution is 0.777. The van der Waals surface area contributed by atoms with Crippen molar-refractivity contribution >= 4 is 5.71 Å². The van der Waals surface area contributed by atoms with Gasteiger partial charge in [-0.25, -0.2) is 0 Å². The van der Waals surface area contributed by atoms with Crippen molar-refractivity contribution in [3.05, 3.63) is 23.5 Å². The monoisotopic (exact) mass is 148 g/mol. The predicted octanol–water partition coefficient (Wildman–Crippen LogP) is 1.61. The van der Waals surface area contributed by atoms with Gasteiger partial charge < -0.3 is 5.32 Å². The highest BCUT2D eigenvalue weighted by Gasteiger charge is 2.11. The Bertz CT molecular complexity index is 259. The van der Waals surface area contributed by atoms with E-state index in [4.69, 9.17) is 0 Å². The van der Waals surface area contributed by atoms with Gasteiger partial charge in [0.2, 0.25) is 0 Å². The zero-order valence-electron chi connectivity index (χ0n) is 6.72. The van der Waals surface area contributed by atoms with E-state index in [2.05, 4.69) is 29.4 Å². The van der Waals surface area contributed by atoms with E-state index < -0.39 is 0 Å². The van der Waals surface area contributed by atoms with Crippen LogP contribution in [0.5, 0.6) is 0 Å². The lowest BCUT2D eigenvalue weighted by Gasteiger charge is -2.20. The molecule has 0 amide bonds. The number of hydrogen-bond acceptors (Lipinski definition) is 2. The van der Waals surface area contributed by atoms with Crippen LogP contribution in [0.25, 0.3) is 0 Å². The summed E-state index contributed by atoms with van der Waals surface area (Å²) in [5, 5.41) is 3.37. The highest BCUT2D eigenvalue weighted by Crippen LogP contribution is 2.19. The van der Waals surface area contributed by atoms with Crippen LogP contribution >= 0.6 is 0 Å². The minimum absolute atomic E-state index is 0.923. The Morgan fingerprint density at radius 1 is 1.55 bits per heavy atom. The second kappa shape index (κ2) is 2.53. The van der Waals surface area contributed by atoms with Crippen molar-refractivity contribution in [1.82, 2.24) is 5.32 Å². The van der Waals surface area contributed by atoms with Crippen LogP contribution in [0.4, 0.5) is 0 Å². The summed E-state index contributed by atoms with van der Waals surface area (Å²) in [6.45, 7) is 2.98. The molecule has 2 nitrogen and oxygen atoms in total. The summed E-state index contributed by atoms with van der Waals surface area (Å²) in [5.41, 5.74) is 3.63. The van der Waals surface area contributed by atoms with Gasteiger partial charge in [-0.05, 0) is 25.8 Å². The van der Waals surface area contributed by atoms with Gasteiger partial charge in [-0.3, -0.25) is 4.99 Å². The Morgan fingerprint density at radius 2 is 2.45 bits per heavy atom. The molecule has 0 aromatic carbocycles. The van der Waals surface area contributed by atoms with Crippen LogP contribution in [-0.2, 0) is 0 Å². The van der Waals surface area contributed by atoms with Gasteiger partial charge >= 0.3 is 0 Å². The molecule has 11 heavy (non-hydrogen) atoms. The van der Waals surface area contributed by atoms with E-state index in [9.17, 15) is 0 Å². The van der Waals surface area contributed by atoms with Crippen LogP contribution < -0.4 is 5.32 Å². The molecule has 0 saturated carbocycles. The number of nitrogens with one attached hydrogen (secondary N) is 1. The molecule has 1 heterocycles. The first-order chi connectivity index (χ1) is 5.36. The topological polar surface area (TPSA) is 24.4 Å². The molecule has 0 bridgehead atoms. The molecule has 0 fully saturated rings. The van der Waals surface area contributed by atoms with Gasteiger partial charge in [0.25, 0.3) is 0 Å². The van der Waals surface area contributed by atoms with E-state index in [-0.39, 0.29) is 0 Å². The van der Waals surface area contributed by atoms with Gasteiger partial charge in [-0.2, -0.15) is 0 Å². The molecule has 0 radical (unpaired) electrons. The number of hydrogen-bond donors (Lipinski definition) is 1. The van der Waals surface area contributed by atoms with Crippen LogP contribution in [0.3, 0.4) is 0 Å². The quantitative estimate of drug-likeness (QED) is 0.554. The van der Waals surface area contributed by atoms with Crippen molar-refractivity contribution in [3.8, 4) is 0 Å². The summed E-state index contributed by atoms with van der Waals surface area (Å²) in [5.74, 6) is 0. The smallest absolute Gasteiger partial charge is 0.0815 e. The first-order valence-electron chi connectivity index (χ1n) is 4.04. The number of rotatable bonds is 0. The number of nitrogens with zero attached hydrogens (tertiary/aromatic N) is 1. The molecule has 58 valence electrons. The lowest BCUT2D eigenvalue weighted by atomic mass is 10.1. The van der Waals surface area contributed by atoms with Gasteiger partial charge in [0.1, 0.15) is 0 Å². The standard InChI is InChI=1S/C9H12N2/c1-7-6-10-8-4-2-3-5-9(8)11-7/h3,5,10H,2,4,6H2,1H3. The fourth-order valence-corrected chi connectivity index (χ4v) is 1.41. The first-order valence-corrected chi connectivity index (χ1v) is 4.04. The van der Waals surface area contributed by atoms with E-state index >= 15 is 0 Å². The minimum Gasteiger partial charge on any atom is -0.381 e. The fraction of sp³-hybridized carbons (Fsp3) is 0.444. The molecule has 2 rings (SSSR count). The highest BCUT2D eigenvalue weighted by atomic mass is 15.0. The number of aliphatic imine (C=N–C) groups is 1. The average molecular weight is 148 g/mol. The predicted molar refractivity (Wildman–Crippen MR) is 46.5 cm³/mol. The van der Waals surface area contributed by atoms with Gasteiger partial charge in [0.05, 0.1) is 12.2 Å². The van der Waals surface area contributed by atoms with Crippen molar-refractivity contribution in [1.29, 1.82) is 0 Å². The molecule has 2 heteroatoms. The maximum atomic E-state index is 4.45. The minimum atomic E-state index is 0.923. The number of allylic oxidation sites excluding steroid dienone is 3. The molecule has 0 unspecified atom stereocenters. The van der Waals surface area contributed by atoms with Crippen LogP contribution in [-0.4, -0.2) is 12.3 Å². The molecule has 1 aliphatic heterocycles. The van der Waals surface area contributed by atoms with Crippen molar-refractivity contribution in [2.24, 2.45) is 4.99 Å². The summed E-state index contributed by atoms with van der Waals surface area (Å²) in [4.78, 5) is 4.45. The lowest BCUT2D eigenvalue weighted by Crippen LogP contribution is -2.26. The van der Waals surface area contributed by atoms with Crippen LogP contribution in [0.15, 0.2) is 28.5 Å². The fourth-order valence-electron chi connectivity index (χ4n) is 1.41. The molecule has 2 aliphatic rings. The van der Waals surface area contributed by atoms with Gasteiger partial charge in [0.15, 0.2) is 0 Å². The maximum Gasteiger partial charge on any atom is 0.0815 e. The first kappa shape index (κ1) is 6.65. The molecular formula is C9H12N2. The summed E-state index contributed by atoms with van der Waals surface area (Å²) in [6.07, 6.45) is 6.57. The highest BCUT2D eigenvalue weighted by molar-refractivity contribution is 5.86. The van der Waals surface area contributed by atoms with Crippen LogP contribution in [0, 0.1) is 0 Å². The molecular weight excluding hydrogens is 136 g/mol. The third-order valence-electron chi connectivity index (χ3n) is 2.01. The van der Waals surface area contributed by atoms with E-state index in [1.54, 1.807) is 0 Å². The van der Waals surface area contributed by atoms with Crippen molar-refractivity contribution in [3.63, 3.8) is 0 Å². The summed E-state index contributed by atoms with van der Waals surface area (Å²) < 4.78 is 0.